The lowest BCUT2D eigenvalue weighted by atomic mass is 10.0. The van der Waals surface area contributed by atoms with E-state index in [1.54, 1.807) is 6.20 Å². The van der Waals surface area contributed by atoms with Crippen molar-refractivity contribution in [2.24, 2.45) is 5.92 Å². The minimum atomic E-state index is 0.600. The van der Waals surface area contributed by atoms with Crippen LogP contribution in [0.3, 0.4) is 0 Å². The molecule has 94 valence electrons. The molecule has 1 aliphatic rings. The summed E-state index contributed by atoms with van der Waals surface area (Å²) in [5, 5.41) is 0. The average molecular weight is 243 g/mol. The number of imidazole rings is 1. The third kappa shape index (κ3) is 2.43. The fourth-order valence-corrected chi connectivity index (χ4v) is 2.44. The van der Waals surface area contributed by atoms with Crippen LogP contribution in [0.2, 0.25) is 0 Å². The van der Waals surface area contributed by atoms with Crippen LogP contribution in [0.1, 0.15) is 12.8 Å². The van der Waals surface area contributed by atoms with Gasteiger partial charge >= 0.3 is 0 Å². The molecule has 1 atom stereocenters. The van der Waals surface area contributed by atoms with Gasteiger partial charge in [-0.1, -0.05) is 0 Å². The molecule has 3 rings (SSSR count). The highest BCUT2D eigenvalue weighted by atomic mass is 16.5. The summed E-state index contributed by atoms with van der Waals surface area (Å²) in [7, 11) is 0. The number of rotatable bonds is 3. The van der Waals surface area contributed by atoms with Crippen LogP contribution in [-0.4, -0.2) is 27.7 Å². The van der Waals surface area contributed by atoms with Crippen LogP contribution < -0.4 is 0 Å². The zero-order valence-corrected chi connectivity index (χ0v) is 10.3. The Balaban J connectivity index is 1.79. The molecule has 0 aromatic carbocycles. The Kier molecular flexibility index (Phi) is 3.37. The summed E-state index contributed by atoms with van der Waals surface area (Å²) >= 11 is 0. The fourth-order valence-electron chi connectivity index (χ4n) is 2.44. The maximum absolute atomic E-state index is 5.53. The minimum Gasteiger partial charge on any atom is -0.381 e. The first-order valence-corrected chi connectivity index (χ1v) is 6.43. The molecule has 4 nitrogen and oxygen atoms in total. The smallest absolute Gasteiger partial charge is 0.141 e. The van der Waals surface area contributed by atoms with Crippen molar-refractivity contribution < 1.29 is 4.74 Å². The number of hydrogen-bond donors (Lipinski definition) is 0. The van der Waals surface area contributed by atoms with Gasteiger partial charge in [-0.2, -0.15) is 0 Å². The van der Waals surface area contributed by atoms with Crippen LogP contribution in [-0.2, 0) is 11.3 Å². The summed E-state index contributed by atoms with van der Waals surface area (Å²) in [4.78, 5) is 8.58. The summed E-state index contributed by atoms with van der Waals surface area (Å²) in [6.45, 7) is 2.75. The van der Waals surface area contributed by atoms with Gasteiger partial charge < -0.3 is 9.30 Å². The second-order valence-corrected chi connectivity index (χ2v) is 4.73. The molecule has 0 radical (unpaired) electrons. The molecule has 1 saturated heterocycles. The number of ether oxygens (including phenoxy) is 1. The fraction of sp³-hybridized carbons (Fsp3) is 0.429. The Morgan fingerprint density at radius 3 is 3.17 bits per heavy atom. The van der Waals surface area contributed by atoms with Gasteiger partial charge in [0, 0.05) is 49.4 Å². The zero-order valence-electron chi connectivity index (χ0n) is 10.3. The first-order chi connectivity index (χ1) is 8.93. The lowest BCUT2D eigenvalue weighted by molar-refractivity contribution is 0.0485. The molecule has 1 unspecified atom stereocenters. The highest BCUT2D eigenvalue weighted by Gasteiger charge is 2.16. The third-order valence-corrected chi connectivity index (χ3v) is 3.34. The SMILES string of the molecule is c1cncc(-c2nccn2CC2CCCOC2)c1. The Labute approximate surface area is 107 Å². The number of aromatic nitrogens is 3. The summed E-state index contributed by atoms with van der Waals surface area (Å²) in [6, 6.07) is 3.99. The van der Waals surface area contributed by atoms with E-state index in [1.807, 2.05) is 30.7 Å². The molecule has 0 spiro atoms. The van der Waals surface area contributed by atoms with Gasteiger partial charge in [-0.25, -0.2) is 4.98 Å². The molecule has 2 aromatic heterocycles. The second kappa shape index (κ2) is 5.31. The largest absolute Gasteiger partial charge is 0.381 e. The van der Waals surface area contributed by atoms with Crippen LogP contribution in [0.15, 0.2) is 36.9 Å². The van der Waals surface area contributed by atoms with Crippen LogP contribution in [0.5, 0.6) is 0 Å². The zero-order chi connectivity index (χ0) is 12.2. The van der Waals surface area contributed by atoms with E-state index < -0.39 is 0 Å². The van der Waals surface area contributed by atoms with Crippen molar-refractivity contribution in [2.75, 3.05) is 13.2 Å². The van der Waals surface area contributed by atoms with Gasteiger partial charge in [0.1, 0.15) is 5.82 Å². The molecule has 0 amide bonds. The molecular weight excluding hydrogens is 226 g/mol. The highest BCUT2D eigenvalue weighted by molar-refractivity contribution is 5.53. The third-order valence-electron chi connectivity index (χ3n) is 3.34. The summed E-state index contributed by atoms with van der Waals surface area (Å²) in [6.07, 6.45) is 9.94. The molecule has 1 fully saturated rings. The van der Waals surface area contributed by atoms with Gasteiger partial charge in [-0.3, -0.25) is 4.98 Å². The molecule has 18 heavy (non-hydrogen) atoms. The number of hydrogen-bond acceptors (Lipinski definition) is 3. The maximum Gasteiger partial charge on any atom is 0.141 e. The van der Waals surface area contributed by atoms with E-state index in [2.05, 4.69) is 14.5 Å². The molecule has 0 N–H and O–H groups in total. The first-order valence-electron chi connectivity index (χ1n) is 6.43. The van der Waals surface area contributed by atoms with Gasteiger partial charge in [0.25, 0.3) is 0 Å². The van der Waals surface area contributed by atoms with Crippen LogP contribution in [0.25, 0.3) is 11.4 Å². The average Bonchev–Trinajstić information content (AvgIpc) is 2.89. The molecule has 0 saturated carbocycles. The minimum absolute atomic E-state index is 0.600. The van der Waals surface area contributed by atoms with Gasteiger partial charge in [-0.05, 0) is 25.0 Å². The molecule has 0 bridgehead atoms. The first kappa shape index (κ1) is 11.4. The Hall–Kier alpha value is -1.68. The quantitative estimate of drug-likeness (QED) is 0.831. The van der Waals surface area contributed by atoms with E-state index in [0.717, 1.165) is 31.1 Å². The topological polar surface area (TPSA) is 39.9 Å². The predicted octanol–water partition coefficient (Wildman–Crippen LogP) is 2.37. The Morgan fingerprint density at radius 1 is 1.39 bits per heavy atom. The van der Waals surface area contributed by atoms with E-state index >= 15 is 0 Å². The molecule has 1 aliphatic heterocycles. The molecule has 2 aromatic rings. The van der Waals surface area contributed by atoms with E-state index in [9.17, 15) is 0 Å². The summed E-state index contributed by atoms with van der Waals surface area (Å²) in [5.41, 5.74) is 1.07. The number of nitrogens with zero attached hydrogens (tertiary/aromatic N) is 3. The lowest BCUT2D eigenvalue weighted by Gasteiger charge is -2.23. The molecule has 0 aliphatic carbocycles. The van der Waals surface area contributed by atoms with Gasteiger partial charge in [0.05, 0.1) is 6.61 Å². The van der Waals surface area contributed by atoms with Crippen molar-refractivity contribution in [2.45, 2.75) is 19.4 Å². The van der Waals surface area contributed by atoms with Crippen LogP contribution in [0.4, 0.5) is 0 Å². The maximum atomic E-state index is 5.53. The van der Waals surface area contributed by atoms with E-state index in [-0.39, 0.29) is 0 Å². The lowest BCUT2D eigenvalue weighted by Crippen LogP contribution is -2.22. The van der Waals surface area contributed by atoms with Gasteiger partial charge in [0.15, 0.2) is 0 Å². The Morgan fingerprint density at radius 2 is 2.39 bits per heavy atom. The monoisotopic (exact) mass is 243 g/mol. The standard InChI is InChI=1S/C14H17N3O/c1-4-13(9-15-5-1)14-16-6-7-17(14)10-12-3-2-8-18-11-12/h1,4-7,9,12H,2-3,8,10-11H2. The second-order valence-electron chi connectivity index (χ2n) is 4.73. The van der Waals surface area contributed by atoms with E-state index in [1.165, 1.54) is 12.8 Å². The van der Waals surface area contributed by atoms with Crippen LogP contribution in [0, 0.1) is 5.92 Å². The molecule has 3 heterocycles. The highest BCUT2D eigenvalue weighted by Crippen LogP contribution is 2.20. The molecular formula is C14H17N3O. The van der Waals surface area contributed by atoms with Gasteiger partial charge in [-0.15, -0.1) is 0 Å². The predicted molar refractivity (Wildman–Crippen MR) is 69.0 cm³/mol. The van der Waals surface area contributed by atoms with Crippen molar-refractivity contribution in [1.29, 1.82) is 0 Å². The number of pyridine rings is 1. The van der Waals surface area contributed by atoms with E-state index in [0.29, 0.717) is 5.92 Å². The van der Waals surface area contributed by atoms with Crippen molar-refractivity contribution in [1.82, 2.24) is 14.5 Å². The van der Waals surface area contributed by atoms with Crippen molar-refractivity contribution >= 4 is 0 Å². The van der Waals surface area contributed by atoms with Crippen molar-refractivity contribution in [3.63, 3.8) is 0 Å². The summed E-state index contributed by atoms with van der Waals surface area (Å²) in [5.74, 6) is 1.59. The van der Waals surface area contributed by atoms with Crippen molar-refractivity contribution in [3.8, 4) is 11.4 Å². The Bertz CT molecular complexity index is 489. The van der Waals surface area contributed by atoms with Crippen molar-refractivity contribution in [3.05, 3.63) is 36.9 Å². The van der Waals surface area contributed by atoms with E-state index in [4.69, 9.17) is 4.74 Å². The van der Waals surface area contributed by atoms with Crippen LogP contribution >= 0.6 is 0 Å². The van der Waals surface area contributed by atoms with Gasteiger partial charge in [0.2, 0.25) is 0 Å². The summed E-state index contributed by atoms with van der Waals surface area (Å²) < 4.78 is 7.74. The normalized spacial score (nSPS) is 19.9. The molecule has 4 heteroatoms.